The Kier molecular flexibility index (Phi) is 5.35. The number of H-pyrrole nitrogens is 1. The molecule has 3 aromatic rings. The molecule has 0 bridgehead atoms. The molecule has 2 aromatic carbocycles. The Balaban J connectivity index is 1.52. The summed E-state index contributed by atoms with van der Waals surface area (Å²) in [5.74, 6) is 0.424. The van der Waals surface area contributed by atoms with E-state index < -0.39 is 0 Å². The first-order chi connectivity index (χ1) is 13.5. The molecule has 144 valence electrons. The van der Waals surface area contributed by atoms with Crippen LogP contribution in [0.2, 0.25) is 10.0 Å². The monoisotopic (exact) mass is 416 g/mol. The van der Waals surface area contributed by atoms with E-state index in [1.807, 2.05) is 23.1 Å². The Bertz CT molecular complexity index is 1080. The summed E-state index contributed by atoms with van der Waals surface area (Å²) in [6.07, 6.45) is 1.63. The molecule has 1 aromatic heterocycles. The third-order valence-corrected chi connectivity index (χ3v) is 5.25. The number of benzene rings is 2. The molecule has 2 N–H and O–H groups in total. The number of rotatable bonds is 4. The van der Waals surface area contributed by atoms with Crippen molar-refractivity contribution in [2.75, 3.05) is 11.9 Å². The number of nitrogens with one attached hydrogen (secondary N) is 2. The molecule has 1 saturated heterocycles. The number of halogens is 2. The van der Waals surface area contributed by atoms with Crippen LogP contribution in [0.25, 0.3) is 10.9 Å². The lowest BCUT2D eigenvalue weighted by molar-refractivity contribution is -0.120. The normalized spacial score (nSPS) is 17.1. The largest absolute Gasteiger partial charge is 0.325 e. The second kappa shape index (κ2) is 7.91. The highest BCUT2D eigenvalue weighted by atomic mass is 35.5. The summed E-state index contributed by atoms with van der Waals surface area (Å²) in [6.45, 7) is 1.15. The van der Waals surface area contributed by atoms with Gasteiger partial charge in [-0.2, -0.15) is 0 Å². The summed E-state index contributed by atoms with van der Waals surface area (Å²) in [5, 5.41) is 4.36. The van der Waals surface area contributed by atoms with Crippen LogP contribution in [0, 0.1) is 0 Å². The lowest BCUT2D eigenvalue weighted by Crippen LogP contribution is -2.39. The molecular formula is C20H18Cl2N4O2. The van der Waals surface area contributed by atoms with Gasteiger partial charge < -0.3 is 10.3 Å². The lowest BCUT2D eigenvalue weighted by atomic mass is 10.2. The van der Waals surface area contributed by atoms with Crippen molar-refractivity contribution in [1.82, 2.24) is 14.9 Å². The predicted octanol–water partition coefficient (Wildman–Crippen LogP) is 3.83. The number of carbonyl (C=O) groups excluding carboxylic acids is 1. The van der Waals surface area contributed by atoms with E-state index in [1.54, 1.807) is 24.3 Å². The van der Waals surface area contributed by atoms with Gasteiger partial charge in [-0.05, 0) is 49.7 Å². The highest BCUT2D eigenvalue weighted by Crippen LogP contribution is 2.25. The zero-order valence-electron chi connectivity index (χ0n) is 14.9. The van der Waals surface area contributed by atoms with Crippen molar-refractivity contribution in [2.45, 2.75) is 25.4 Å². The maximum absolute atomic E-state index is 12.8. The average molecular weight is 417 g/mol. The zero-order chi connectivity index (χ0) is 19.7. The molecular weight excluding hydrogens is 399 g/mol. The minimum atomic E-state index is -0.311. The van der Waals surface area contributed by atoms with Crippen LogP contribution in [0.4, 0.5) is 5.69 Å². The molecule has 1 amide bonds. The van der Waals surface area contributed by atoms with Crippen molar-refractivity contribution in [2.24, 2.45) is 0 Å². The van der Waals surface area contributed by atoms with Crippen molar-refractivity contribution in [3.63, 3.8) is 0 Å². The minimum Gasteiger partial charge on any atom is -0.325 e. The smallest absolute Gasteiger partial charge is 0.258 e. The number of aromatic nitrogens is 2. The van der Waals surface area contributed by atoms with Crippen LogP contribution in [0.1, 0.15) is 18.7 Å². The summed E-state index contributed by atoms with van der Waals surface area (Å²) in [7, 11) is 0. The van der Waals surface area contributed by atoms with Gasteiger partial charge in [0, 0.05) is 15.7 Å². The molecule has 1 atom stereocenters. The molecule has 1 aliphatic rings. The van der Waals surface area contributed by atoms with E-state index >= 15 is 0 Å². The molecule has 6 nitrogen and oxygen atoms in total. The lowest BCUT2D eigenvalue weighted by Gasteiger charge is -2.23. The van der Waals surface area contributed by atoms with Gasteiger partial charge in [-0.25, -0.2) is 4.98 Å². The minimum absolute atomic E-state index is 0.126. The summed E-state index contributed by atoms with van der Waals surface area (Å²) >= 11 is 12.0. The Hall–Kier alpha value is -2.41. The summed E-state index contributed by atoms with van der Waals surface area (Å²) in [5.41, 5.74) is 1.04. The van der Waals surface area contributed by atoms with Crippen LogP contribution in [-0.2, 0) is 11.3 Å². The molecule has 0 unspecified atom stereocenters. The molecule has 0 saturated carbocycles. The van der Waals surface area contributed by atoms with Gasteiger partial charge in [-0.15, -0.1) is 0 Å². The van der Waals surface area contributed by atoms with Crippen LogP contribution in [0.3, 0.4) is 0 Å². The van der Waals surface area contributed by atoms with E-state index in [4.69, 9.17) is 23.2 Å². The van der Waals surface area contributed by atoms with E-state index in [1.165, 1.54) is 0 Å². The molecule has 0 spiro atoms. The molecule has 2 heterocycles. The maximum Gasteiger partial charge on any atom is 0.258 e. The Morgan fingerprint density at radius 2 is 1.96 bits per heavy atom. The molecule has 4 rings (SSSR count). The number of anilines is 1. The first-order valence-electron chi connectivity index (χ1n) is 8.98. The summed E-state index contributed by atoms with van der Waals surface area (Å²) in [6, 6.07) is 11.8. The first-order valence-corrected chi connectivity index (χ1v) is 9.74. The van der Waals surface area contributed by atoms with Gasteiger partial charge in [-0.3, -0.25) is 14.5 Å². The van der Waals surface area contributed by atoms with E-state index in [0.717, 1.165) is 19.4 Å². The van der Waals surface area contributed by atoms with E-state index in [0.29, 0.717) is 39.0 Å². The van der Waals surface area contributed by atoms with E-state index in [2.05, 4.69) is 15.3 Å². The van der Waals surface area contributed by atoms with Crippen molar-refractivity contribution in [3.05, 3.63) is 68.7 Å². The number of hydrogen-bond donors (Lipinski definition) is 2. The number of nitrogens with zero attached hydrogens (tertiary/aromatic N) is 2. The van der Waals surface area contributed by atoms with E-state index in [-0.39, 0.29) is 17.5 Å². The summed E-state index contributed by atoms with van der Waals surface area (Å²) in [4.78, 5) is 34.4. The van der Waals surface area contributed by atoms with Crippen LogP contribution in [-0.4, -0.2) is 33.4 Å². The quantitative estimate of drug-likeness (QED) is 0.677. The molecule has 28 heavy (non-hydrogen) atoms. The standard InChI is InChI=1S/C20H18Cl2N4O2/c21-12-8-13(22)10-14(9-12)23-20(28)17-6-3-7-26(17)11-18-24-16-5-2-1-4-15(16)19(27)25-18/h1-2,4-5,8-10,17H,3,6-7,11H2,(H,23,28)(H,24,25,27)/t17-/m0/s1. The van der Waals surface area contributed by atoms with Gasteiger partial charge in [0.05, 0.1) is 23.5 Å². The number of fused-ring (bicyclic) bond motifs is 1. The number of carbonyl (C=O) groups is 1. The number of hydrogen-bond acceptors (Lipinski definition) is 4. The van der Waals surface area contributed by atoms with Crippen molar-refractivity contribution < 1.29 is 4.79 Å². The van der Waals surface area contributed by atoms with Gasteiger partial charge in [0.25, 0.3) is 5.56 Å². The first kappa shape index (κ1) is 18.9. The Morgan fingerprint density at radius 1 is 1.21 bits per heavy atom. The fourth-order valence-electron chi connectivity index (χ4n) is 3.57. The van der Waals surface area contributed by atoms with Crippen molar-refractivity contribution in [3.8, 4) is 0 Å². The second-order valence-corrected chi connectivity index (χ2v) is 7.68. The fraction of sp³-hybridized carbons (Fsp3) is 0.250. The highest BCUT2D eigenvalue weighted by Gasteiger charge is 2.31. The third kappa shape index (κ3) is 4.04. The molecule has 8 heteroatoms. The number of amides is 1. The van der Waals surface area contributed by atoms with Gasteiger partial charge in [0.1, 0.15) is 5.82 Å². The van der Waals surface area contributed by atoms with Crippen LogP contribution in [0.5, 0.6) is 0 Å². The van der Waals surface area contributed by atoms with Gasteiger partial charge in [-0.1, -0.05) is 35.3 Å². The van der Waals surface area contributed by atoms with Gasteiger partial charge in [0.15, 0.2) is 0 Å². The van der Waals surface area contributed by atoms with E-state index in [9.17, 15) is 9.59 Å². The van der Waals surface area contributed by atoms with Crippen LogP contribution >= 0.6 is 23.2 Å². The summed E-state index contributed by atoms with van der Waals surface area (Å²) < 4.78 is 0. The SMILES string of the molecule is O=C(Nc1cc(Cl)cc(Cl)c1)[C@@H]1CCCN1Cc1nc2ccccc2c(=O)[nH]1. The molecule has 0 radical (unpaired) electrons. The number of aromatic amines is 1. The van der Waals surface area contributed by atoms with Crippen LogP contribution in [0.15, 0.2) is 47.3 Å². The number of likely N-dealkylation sites (tertiary alicyclic amines) is 1. The average Bonchev–Trinajstić information content (AvgIpc) is 3.09. The molecule has 1 fully saturated rings. The zero-order valence-corrected chi connectivity index (χ0v) is 16.4. The second-order valence-electron chi connectivity index (χ2n) is 6.81. The predicted molar refractivity (Wildman–Crippen MR) is 111 cm³/mol. The highest BCUT2D eigenvalue weighted by molar-refractivity contribution is 6.35. The van der Waals surface area contributed by atoms with Crippen LogP contribution < -0.4 is 10.9 Å². The molecule has 0 aliphatic carbocycles. The molecule has 1 aliphatic heterocycles. The fourth-order valence-corrected chi connectivity index (χ4v) is 4.09. The van der Waals surface area contributed by atoms with Crippen molar-refractivity contribution >= 4 is 45.7 Å². The van der Waals surface area contributed by atoms with Crippen molar-refractivity contribution in [1.29, 1.82) is 0 Å². The number of para-hydroxylation sites is 1. The Labute approximate surface area is 171 Å². The Morgan fingerprint density at radius 3 is 2.75 bits per heavy atom. The topological polar surface area (TPSA) is 78.1 Å². The third-order valence-electron chi connectivity index (χ3n) is 4.81. The van der Waals surface area contributed by atoms with Gasteiger partial charge in [0.2, 0.25) is 5.91 Å². The maximum atomic E-state index is 12.8. The van der Waals surface area contributed by atoms with Gasteiger partial charge >= 0.3 is 0 Å².